The van der Waals surface area contributed by atoms with E-state index in [0.717, 1.165) is 12.1 Å². The van der Waals surface area contributed by atoms with Gasteiger partial charge < -0.3 is 10.1 Å². The van der Waals surface area contributed by atoms with Crippen molar-refractivity contribution in [3.63, 3.8) is 0 Å². The maximum absolute atomic E-state index is 12.9. The van der Waals surface area contributed by atoms with Crippen LogP contribution in [-0.4, -0.2) is 25.2 Å². The first-order chi connectivity index (χ1) is 6.77. The Labute approximate surface area is 83.3 Å². The predicted octanol–water partition coefficient (Wildman–Crippen LogP) is 1.52. The fourth-order valence-electron chi connectivity index (χ4n) is 1.30. The van der Waals surface area contributed by atoms with Crippen molar-refractivity contribution in [1.29, 1.82) is 0 Å². The van der Waals surface area contributed by atoms with Crippen molar-refractivity contribution in [3.8, 4) is 0 Å². The van der Waals surface area contributed by atoms with E-state index in [1.54, 1.807) is 13.3 Å². The monoisotopic (exact) mass is 198 g/mol. The number of nitrogens with zero attached hydrogens (tertiary/aromatic N) is 1. The molecule has 14 heavy (non-hydrogen) atoms. The Balaban J connectivity index is 2.75. The van der Waals surface area contributed by atoms with Crippen LogP contribution in [-0.2, 0) is 4.74 Å². The highest BCUT2D eigenvalue weighted by Gasteiger charge is 2.10. The molecule has 0 radical (unpaired) electrons. The molecule has 1 unspecified atom stereocenters. The second-order valence-electron chi connectivity index (χ2n) is 3.00. The molecule has 0 fully saturated rings. The number of ether oxygens (including phenoxy) is 1. The summed E-state index contributed by atoms with van der Waals surface area (Å²) >= 11 is 0. The van der Waals surface area contributed by atoms with Crippen LogP contribution in [0.4, 0.5) is 4.39 Å². The third-order valence-electron chi connectivity index (χ3n) is 1.91. The van der Waals surface area contributed by atoms with Crippen molar-refractivity contribution in [3.05, 3.63) is 29.8 Å². The molecule has 0 spiro atoms. The van der Waals surface area contributed by atoms with Crippen LogP contribution in [0.15, 0.2) is 18.5 Å². The fraction of sp³-hybridized carbons (Fsp3) is 0.500. The van der Waals surface area contributed by atoms with Crippen molar-refractivity contribution in [2.75, 3.05) is 20.3 Å². The number of rotatable bonds is 5. The number of aromatic nitrogens is 1. The smallest absolute Gasteiger partial charge is 0.141 e. The van der Waals surface area contributed by atoms with E-state index in [0.29, 0.717) is 6.61 Å². The average molecular weight is 198 g/mol. The van der Waals surface area contributed by atoms with Gasteiger partial charge in [-0.25, -0.2) is 4.39 Å². The van der Waals surface area contributed by atoms with E-state index in [2.05, 4.69) is 10.3 Å². The largest absolute Gasteiger partial charge is 0.383 e. The van der Waals surface area contributed by atoms with Crippen molar-refractivity contribution in [1.82, 2.24) is 10.3 Å². The number of likely N-dealkylation sites (N-methyl/N-ethyl adjacent to an activating group) is 1. The summed E-state index contributed by atoms with van der Waals surface area (Å²) in [5.41, 5.74) is 0.814. The molecule has 0 aliphatic carbocycles. The molecule has 0 aliphatic rings. The SMILES string of the molecule is CCNC(COC)c1cncc(F)c1. The standard InChI is InChI=1S/C10H15FN2O/c1-3-13-10(7-14-2)8-4-9(11)6-12-5-8/h4-6,10,13H,3,7H2,1-2H3. The molecule has 0 aliphatic heterocycles. The first kappa shape index (κ1) is 11.1. The van der Waals surface area contributed by atoms with Gasteiger partial charge in [0.2, 0.25) is 0 Å². The average Bonchev–Trinajstić information content (AvgIpc) is 2.17. The molecule has 1 rings (SSSR count). The molecule has 1 aromatic heterocycles. The quantitative estimate of drug-likeness (QED) is 0.778. The van der Waals surface area contributed by atoms with Crippen LogP contribution in [0.5, 0.6) is 0 Å². The van der Waals surface area contributed by atoms with Gasteiger partial charge >= 0.3 is 0 Å². The van der Waals surface area contributed by atoms with Crippen LogP contribution >= 0.6 is 0 Å². The van der Waals surface area contributed by atoms with Gasteiger partial charge in [-0.3, -0.25) is 4.98 Å². The van der Waals surface area contributed by atoms with Crippen LogP contribution < -0.4 is 5.32 Å². The molecule has 78 valence electrons. The highest BCUT2D eigenvalue weighted by Crippen LogP contribution is 2.12. The zero-order chi connectivity index (χ0) is 10.4. The first-order valence-electron chi connectivity index (χ1n) is 4.60. The van der Waals surface area contributed by atoms with Crippen LogP contribution in [0, 0.1) is 5.82 Å². The Bertz CT molecular complexity index is 275. The van der Waals surface area contributed by atoms with Gasteiger partial charge in [-0.1, -0.05) is 6.92 Å². The summed E-state index contributed by atoms with van der Waals surface area (Å²) in [4.78, 5) is 3.80. The second-order valence-corrected chi connectivity index (χ2v) is 3.00. The van der Waals surface area contributed by atoms with Crippen LogP contribution in [0.3, 0.4) is 0 Å². The first-order valence-corrected chi connectivity index (χ1v) is 4.60. The van der Waals surface area contributed by atoms with Gasteiger partial charge in [0.05, 0.1) is 18.8 Å². The second kappa shape index (κ2) is 5.67. The molecule has 3 nitrogen and oxygen atoms in total. The van der Waals surface area contributed by atoms with E-state index in [1.165, 1.54) is 12.3 Å². The lowest BCUT2D eigenvalue weighted by atomic mass is 10.1. The number of hydrogen-bond acceptors (Lipinski definition) is 3. The van der Waals surface area contributed by atoms with Crippen LogP contribution in [0.2, 0.25) is 0 Å². The lowest BCUT2D eigenvalue weighted by Crippen LogP contribution is -2.25. The minimum Gasteiger partial charge on any atom is -0.383 e. The highest BCUT2D eigenvalue weighted by molar-refractivity contribution is 5.15. The molecular weight excluding hydrogens is 183 g/mol. The van der Waals surface area contributed by atoms with E-state index >= 15 is 0 Å². The third-order valence-corrected chi connectivity index (χ3v) is 1.91. The van der Waals surface area contributed by atoms with Gasteiger partial charge in [-0.15, -0.1) is 0 Å². The fourth-order valence-corrected chi connectivity index (χ4v) is 1.30. The van der Waals surface area contributed by atoms with Crippen LogP contribution in [0.25, 0.3) is 0 Å². The third kappa shape index (κ3) is 3.05. The van der Waals surface area contributed by atoms with Crippen molar-refractivity contribution in [2.45, 2.75) is 13.0 Å². The van der Waals surface area contributed by atoms with Gasteiger partial charge in [0.15, 0.2) is 0 Å². The van der Waals surface area contributed by atoms with Gasteiger partial charge in [0, 0.05) is 13.3 Å². The number of pyridine rings is 1. The summed E-state index contributed by atoms with van der Waals surface area (Å²) < 4.78 is 17.9. The summed E-state index contributed by atoms with van der Waals surface area (Å²) in [6.45, 7) is 3.32. The van der Waals surface area contributed by atoms with Crippen molar-refractivity contribution < 1.29 is 9.13 Å². The topological polar surface area (TPSA) is 34.1 Å². The van der Waals surface area contributed by atoms with Crippen molar-refractivity contribution in [2.24, 2.45) is 0 Å². The predicted molar refractivity (Wildman–Crippen MR) is 52.5 cm³/mol. The molecule has 4 heteroatoms. The lowest BCUT2D eigenvalue weighted by molar-refractivity contribution is 0.167. The Hall–Kier alpha value is -1.00. The Morgan fingerprint density at radius 2 is 2.36 bits per heavy atom. The maximum atomic E-state index is 12.9. The Kier molecular flexibility index (Phi) is 4.49. The zero-order valence-electron chi connectivity index (χ0n) is 8.46. The minimum absolute atomic E-state index is 0.00759. The van der Waals surface area contributed by atoms with E-state index in [4.69, 9.17) is 4.74 Å². The Morgan fingerprint density at radius 1 is 1.57 bits per heavy atom. The number of halogens is 1. The number of methoxy groups -OCH3 is 1. The number of hydrogen-bond donors (Lipinski definition) is 1. The molecule has 1 heterocycles. The molecule has 0 saturated carbocycles. The summed E-state index contributed by atoms with van der Waals surface area (Å²) in [6, 6.07) is 1.48. The summed E-state index contributed by atoms with van der Waals surface area (Å²) in [5, 5.41) is 3.20. The molecule has 1 atom stereocenters. The summed E-state index contributed by atoms with van der Waals surface area (Å²) in [7, 11) is 1.62. The van der Waals surface area contributed by atoms with Crippen LogP contribution in [0.1, 0.15) is 18.5 Å². The molecule has 1 aromatic rings. The van der Waals surface area contributed by atoms with E-state index in [-0.39, 0.29) is 11.9 Å². The Morgan fingerprint density at radius 3 is 2.93 bits per heavy atom. The summed E-state index contributed by atoms with van der Waals surface area (Å²) in [6.07, 6.45) is 2.84. The highest BCUT2D eigenvalue weighted by atomic mass is 19.1. The zero-order valence-corrected chi connectivity index (χ0v) is 8.46. The van der Waals surface area contributed by atoms with E-state index in [1.807, 2.05) is 6.92 Å². The molecule has 1 N–H and O–H groups in total. The molecular formula is C10H15FN2O. The molecule has 0 aromatic carbocycles. The van der Waals surface area contributed by atoms with Crippen molar-refractivity contribution >= 4 is 0 Å². The minimum atomic E-state index is -0.318. The van der Waals surface area contributed by atoms with Gasteiger partial charge in [0.25, 0.3) is 0 Å². The van der Waals surface area contributed by atoms with E-state index in [9.17, 15) is 4.39 Å². The van der Waals surface area contributed by atoms with E-state index < -0.39 is 0 Å². The van der Waals surface area contributed by atoms with Gasteiger partial charge in [-0.05, 0) is 18.2 Å². The van der Waals surface area contributed by atoms with Gasteiger partial charge in [-0.2, -0.15) is 0 Å². The maximum Gasteiger partial charge on any atom is 0.141 e. The molecule has 0 amide bonds. The normalized spacial score (nSPS) is 12.8. The summed E-state index contributed by atoms with van der Waals surface area (Å²) in [5.74, 6) is -0.318. The molecule has 0 saturated heterocycles. The lowest BCUT2D eigenvalue weighted by Gasteiger charge is -2.16. The van der Waals surface area contributed by atoms with Gasteiger partial charge in [0.1, 0.15) is 5.82 Å². The number of nitrogens with one attached hydrogen (secondary N) is 1. The molecule has 0 bridgehead atoms.